The largest absolute Gasteiger partial charge is 0.462 e. The summed E-state index contributed by atoms with van der Waals surface area (Å²) in [5.74, 6) is 0.274. The van der Waals surface area contributed by atoms with E-state index < -0.39 is 16.0 Å². The first kappa shape index (κ1) is 19.3. The van der Waals surface area contributed by atoms with Crippen molar-refractivity contribution in [2.45, 2.75) is 11.8 Å². The van der Waals surface area contributed by atoms with Gasteiger partial charge in [-0.1, -0.05) is 0 Å². The highest BCUT2D eigenvalue weighted by Crippen LogP contribution is 2.21. The van der Waals surface area contributed by atoms with Crippen LogP contribution in [0.25, 0.3) is 5.65 Å². The number of carbonyl (C=O) groups excluding carboxylic acids is 1. The molecular formula is C18H20N6O4S. The molecule has 0 N–H and O–H groups in total. The first-order valence-electron chi connectivity index (χ1n) is 9.18. The summed E-state index contributed by atoms with van der Waals surface area (Å²) >= 11 is 0. The second-order valence-corrected chi connectivity index (χ2v) is 8.40. The van der Waals surface area contributed by atoms with Crippen LogP contribution in [0.5, 0.6) is 0 Å². The minimum Gasteiger partial charge on any atom is -0.462 e. The van der Waals surface area contributed by atoms with Gasteiger partial charge in [0.05, 0.1) is 17.1 Å². The fourth-order valence-electron chi connectivity index (χ4n) is 3.17. The average molecular weight is 416 g/mol. The van der Waals surface area contributed by atoms with E-state index in [1.807, 2.05) is 17.0 Å². The molecule has 0 bridgehead atoms. The number of benzene rings is 1. The Kier molecular flexibility index (Phi) is 5.16. The summed E-state index contributed by atoms with van der Waals surface area (Å²) in [6, 6.07) is 9.50. The molecule has 0 atom stereocenters. The summed E-state index contributed by atoms with van der Waals surface area (Å²) in [4.78, 5) is 13.9. The lowest BCUT2D eigenvalue weighted by Crippen LogP contribution is -2.49. The Morgan fingerprint density at radius 3 is 2.48 bits per heavy atom. The molecule has 2 aromatic heterocycles. The zero-order valence-corrected chi connectivity index (χ0v) is 16.6. The average Bonchev–Trinajstić information content (AvgIpc) is 3.22. The minimum atomic E-state index is -3.64. The van der Waals surface area contributed by atoms with E-state index in [1.165, 1.54) is 34.9 Å². The fourth-order valence-corrected chi connectivity index (χ4v) is 4.59. The van der Waals surface area contributed by atoms with Gasteiger partial charge in [0.25, 0.3) is 0 Å². The molecule has 1 aromatic carbocycles. The number of nitrogens with zero attached hydrogens (tertiary/aromatic N) is 6. The van der Waals surface area contributed by atoms with Crippen molar-refractivity contribution in [1.82, 2.24) is 24.1 Å². The van der Waals surface area contributed by atoms with Crippen molar-refractivity contribution in [2.24, 2.45) is 0 Å². The van der Waals surface area contributed by atoms with Gasteiger partial charge in [0.2, 0.25) is 10.0 Å². The maximum absolute atomic E-state index is 12.9. The smallest absolute Gasteiger partial charge is 0.338 e. The molecule has 0 saturated carbocycles. The molecule has 3 heterocycles. The topological polar surface area (TPSA) is 110 Å². The highest BCUT2D eigenvalue weighted by atomic mass is 32.2. The molecule has 10 nitrogen and oxygen atoms in total. The lowest BCUT2D eigenvalue weighted by molar-refractivity contribution is 0.0526. The van der Waals surface area contributed by atoms with Crippen LogP contribution in [0, 0.1) is 0 Å². The predicted octanol–water partition coefficient (Wildman–Crippen LogP) is 0.812. The summed E-state index contributed by atoms with van der Waals surface area (Å²) < 4.78 is 33.8. The number of fused-ring (bicyclic) bond motifs is 1. The van der Waals surface area contributed by atoms with Crippen LogP contribution in [-0.4, -0.2) is 71.3 Å². The van der Waals surface area contributed by atoms with Crippen LogP contribution in [0.2, 0.25) is 0 Å². The lowest BCUT2D eigenvalue weighted by Gasteiger charge is -2.34. The van der Waals surface area contributed by atoms with Gasteiger partial charge in [-0.2, -0.15) is 8.82 Å². The van der Waals surface area contributed by atoms with Gasteiger partial charge in [0, 0.05) is 26.2 Å². The number of esters is 1. The number of hydrogen-bond acceptors (Lipinski definition) is 8. The summed E-state index contributed by atoms with van der Waals surface area (Å²) in [6.07, 6.45) is 1.53. The first-order chi connectivity index (χ1) is 14.0. The Balaban J connectivity index is 1.44. The molecule has 1 aliphatic heterocycles. The summed E-state index contributed by atoms with van der Waals surface area (Å²) in [7, 11) is -3.64. The molecule has 4 rings (SSSR count). The van der Waals surface area contributed by atoms with E-state index in [2.05, 4.69) is 15.3 Å². The van der Waals surface area contributed by atoms with Crippen molar-refractivity contribution in [3.05, 3.63) is 48.3 Å². The van der Waals surface area contributed by atoms with Gasteiger partial charge in [-0.3, -0.25) is 0 Å². The number of carbonyl (C=O) groups is 1. The Morgan fingerprint density at radius 1 is 1.07 bits per heavy atom. The van der Waals surface area contributed by atoms with E-state index in [-0.39, 0.29) is 11.5 Å². The Labute approximate surface area is 167 Å². The third-order valence-electron chi connectivity index (χ3n) is 4.71. The molecule has 1 saturated heterocycles. The quantitative estimate of drug-likeness (QED) is 0.562. The molecular weight excluding hydrogens is 396 g/mol. The van der Waals surface area contributed by atoms with Gasteiger partial charge in [-0.05, 0) is 43.3 Å². The van der Waals surface area contributed by atoms with Crippen molar-refractivity contribution < 1.29 is 17.9 Å². The zero-order valence-electron chi connectivity index (χ0n) is 15.8. The van der Waals surface area contributed by atoms with Crippen LogP contribution < -0.4 is 4.90 Å². The van der Waals surface area contributed by atoms with E-state index in [1.54, 1.807) is 11.4 Å². The number of piperazine rings is 1. The highest BCUT2D eigenvalue weighted by molar-refractivity contribution is 7.89. The molecule has 0 aliphatic carbocycles. The number of sulfonamides is 1. The van der Waals surface area contributed by atoms with Crippen molar-refractivity contribution in [3.63, 3.8) is 0 Å². The van der Waals surface area contributed by atoms with E-state index >= 15 is 0 Å². The molecule has 11 heteroatoms. The normalized spacial score (nSPS) is 15.6. The lowest BCUT2D eigenvalue weighted by atomic mass is 10.2. The number of hydrogen-bond donors (Lipinski definition) is 0. The second-order valence-electron chi connectivity index (χ2n) is 6.46. The van der Waals surface area contributed by atoms with Crippen LogP contribution in [0.4, 0.5) is 5.82 Å². The zero-order chi connectivity index (χ0) is 20.4. The predicted molar refractivity (Wildman–Crippen MR) is 104 cm³/mol. The van der Waals surface area contributed by atoms with Gasteiger partial charge in [-0.25, -0.2) is 13.2 Å². The van der Waals surface area contributed by atoms with Crippen LogP contribution in [0.3, 0.4) is 0 Å². The molecule has 0 spiro atoms. The van der Waals surface area contributed by atoms with Gasteiger partial charge in [0.1, 0.15) is 12.1 Å². The molecule has 1 aliphatic rings. The van der Waals surface area contributed by atoms with Crippen molar-refractivity contribution >= 4 is 27.5 Å². The highest BCUT2D eigenvalue weighted by Gasteiger charge is 2.29. The van der Waals surface area contributed by atoms with Crippen molar-refractivity contribution in [2.75, 3.05) is 37.7 Å². The number of rotatable bonds is 5. The van der Waals surface area contributed by atoms with E-state index in [0.29, 0.717) is 37.4 Å². The van der Waals surface area contributed by atoms with Crippen LogP contribution >= 0.6 is 0 Å². The summed E-state index contributed by atoms with van der Waals surface area (Å²) in [5.41, 5.74) is 0.979. The Hall–Kier alpha value is -3.05. The molecule has 29 heavy (non-hydrogen) atoms. The second kappa shape index (κ2) is 7.76. The summed E-state index contributed by atoms with van der Waals surface area (Å²) in [5, 5.41) is 12.2. The third-order valence-corrected chi connectivity index (χ3v) is 6.63. The first-order valence-corrected chi connectivity index (χ1v) is 10.6. The molecule has 1 fully saturated rings. The molecule has 3 aromatic rings. The Bertz CT molecular complexity index is 1120. The van der Waals surface area contributed by atoms with Crippen molar-refractivity contribution in [1.29, 1.82) is 0 Å². The van der Waals surface area contributed by atoms with Gasteiger partial charge in [-0.15, -0.1) is 15.3 Å². The number of anilines is 1. The van der Waals surface area contributed by atoms with Gasteiger partial charge >= 0.3 is 5.97 Å². The molecule has 0 radical (unpaired) electrons. The van der Waals surface area contributed by atoms with Crippen LogP contribution in [0.1, 0.15) is 17.3 Å². The van der Waals surface area contributed by atoms with Crippen LogP contribution in [0.15, 0.2) is 47.6 Å². The molecule has 0 unspecified atom stereocenters. The maximum atomic E-state index is 12.9. The molecule has 152 valence electrons. The molecule has 0 amide bonds. The van der Waals surface area contributed by atoms with Crippen LogP contribution in [-0.2, 0) is 14.8 Å². The van der Waals surface area contributed by atoms with Gasteiger partial charge < -0.3 is 9.64 Å². The maximum Gasteiger partial charge on any atom is 0.338 e. The number of ether oxygens (including phenoxy) is 1. The monoisotopic (exact) mass is 416 g/mol. The van der Waals surface area contributed by atoms with E-state index in [4.69, 9.17) is 4.74 Å². The third kappa shape index (κ3) is 3.78. The fraction of sp³-hybridized carbons (Fsp3) is 0.333. The van der Waals surface area contributed by atoms with E-state index in [0.717, 1.165) is 5.82 Å². The van der Waals surface area contributed by atoms with E-state index in [9.17, 15) is 13.2 Å². The standard InChI is InChI=1S/C18H20N6O4S/c1-2-28-18(25)14-3-5-15(6-4-14)29(26,27)23-11-9-22(10-12-23)17-8-7-16-20-19-13-24(16)21-17/h3-8,13H,2,9-12H2,1H3. The summed E-state index contributed by atoms with van der Waals surface area (Å²) in [6.45, 7) is 3.69. The number of aromatic nitrogens is 4. The van der Waals surface area contributed by atoms with Gasteiger partial charge in [0.15, 0.2) is 5.65 Å². The van der Waals surface area contributed by atoms with Crippen molar-refractivity contribution in [3.8, 4) is 0 Å². The Morgan fingerprint density at radius 2 is 1.79 bits per heavy atom. The minimum absolute atomic E-state index is 0.156. The SMILES string of the molecule is CCOC(=O)c1ccc(S(=O)(=O)N2CCN(c3ccc4nncn4n3)CC2)cc1.